The van der Waals surface area contributed by atoms with Crippen LogP contribution in [0.1, 0.15) is 49.9 Å². The quantitative estimate of drug-likeness (QED) is 0.0893. The van der Waals surface area contributed by atoms with Crippen LogP contribution in [-0.4, -0.2) is 31.7 Å². The molecule has 0 amide bonds. The molecule has 2 radical (unpaired) electrons. The number of ketones is 2. The molecule has 0 spiro atoms. The van der Waals surface area contributed by atoms with E-state index in [2.05, 4.69) is 173 Å². The van der Waals surface area contributed by atoms with Crippen LogP contribution in [0.25, 0.3) is 85.8 Å². The van der Waals surface area contributed by atoms with Crippen LogP contribution >= 0.6 is 22.7 Å². The predicted molar refractivity (Wildman–Crippen MR) is 303 cm³/mol. The summed E-state index contributed by atoms with van der Waals surface area (Å²) in [7, 11) is 0. The van der Waals surface area contributed by atoms with Crippen LogP contribution in [-0.2, 0) is 49.8 Å². The minimum atomic E-state index is -0.125. The zero-order valence-corrected chi connectivity index (χ0v) is 48.8. The maximum Gasteiger partial charge on any atom is 0.155 e. The van der Waals surface area contributed by atoms with Gasteiger partial charge >= 0.3 is 0 Å². The van der Waals surface area contributed by atoms with Gasteiger partial charge in [0.05, 0.1) is 11.5 Å². The van der Waals surface area contributed by atoms with Crippen molar-refractivity contribution >= 4 is 54.4 Å². The summed E-state index contributed by atoms with van der Waals surface area (Å²) in [5, 5.41) is 19.1. The van der Waals surface area contributed by atoms with E-state index < -0.39 is 0 Å². The van der Waals surface area contributed by atoms with Gasteiger partial charge in [-0.3, -0.25) is 9.59 Å². The SMILES string of the molecule is CC(=O)C=C(C)O.CC(=O)C=C(C)O.Cc1cc(C)c(-c2cc3cnc(-c4[c-]ccc(-c5ccccc5)c4)cc3s2)c(C)c1.Cc1ccc(-c2cc3cnc(-c4[c-]ccc(-c5ccccc5)c4)cc3s2)cc1.[Ir].[Ir]. The Morgan fingerprint density at radius 3 is 1.30 bits per heavy atom. The Morgan fingerprint density at radius 1 is 0.473 bits per heavy atom. The number of hydrogen-bond donors (Lipinski definition) is 2. The van der Waals surface area contributed by atoms with Gasteiger partial charge in [0.2, 0.25) is 0 Å². The number of hydrogen-bond acceptors (Lipinski definition) is 8. The number of fused-ring (bicyclic) bond motifs is 2. The molecule has 4 aromatic heterocycles. The summed E-state index contributed by atoms with van der Waals surface area (Å²) in [4.78, 5) is 32.1. The van der Waals surface area contributed by atoms with Crippen LogP contribution in [0.5, 0.6) is 0 Å². The Morgan fingerprint density at radius 2 is 0.892 bits per heavy atom. The van der Waals surface area contributed by atoms with E-state index in [1.54, 1.807) is 0 Å². The fraction of sp³-hybridized carbons (Fsp3) is 0.125. The smallest absolute Gasteiger partial charge is 0.155 e. The predicted octanol–water partition coefficient (Wildman–Crippen LogP) is 17.5. The molecule has 0 atom stereocenters. The number of nitrogens with zero attached hydrogens (tertiary/aromatic N) is 2. The molecule has 0 aliphatic heterocycles. The molecule has 0 fully saturated rings. The number of carbonyl (C=O) groups is 2. The fourth-order valence-electron chi connectivity index (χ4n) is 8.15. The molecule has 6 nitrogen and oxygen atoms in total. The molecule has 10 rings (SSSR count). The first kappa shape index (κ1) is 58.2. The number of thiophene rings is 2. The molecule has 0 aliphatic rings. The van der Waals surface area contributed by atoms with E-state index in [1.807, 2.05) is 59.3 Å². The molecule has 2 N–H and O–H groups in total. The normalized spacial score (nSPS) is 10.9. The molecule has 10 aromatic rings. The standard InChI is InChI=1S/C28H22NS.C26H18NS.2C5H8O2.2Ir/c1-18-12-19(2)28(20(3)13-18)27-15-24-17-29-25(16-26(24)30-27)23-11-7-10-22(14-23)21-8-5-4-6-9-21;1-18-10-12-20(13-11-18)25-15-23-17-27-24(16-26(23)28-25)22-9-5-8-21(14-22)19-6-3-2-4-7-19;2*1-4(6)3-5(2)7;;/h4-10,12-17H,1-3H3;2-8,10-17H,1H3;2*3,6H,1-2H3;;/q2*-1;;;;. The molecule has 0 aliphatic carbocycles. The van der Waals surface area contributed by atoms with E-state index in [0.717, 1.165) is 22.5 Å². The second-order valence-corrected chi connectivity index (χ2v) is 19.8. The number of aromatic nitrogens is 2. The van der Waals surface area contributed by atoms with Crippen LogP contribution < -0.4 is 0 Å². The second kappa shape index (κ2) is 27.5. The average molecular weight is 1370 g/mol. The largest absolute Gasteiger partial charge is 0.512 e. The van der Waals surface area contributed by atoms with Crippen LogP contribution in [0, 0.1) is 39.8 Å². The van der Waals surface area contributed by atoms with E-state index >= 15 is 0 Å². The van der Waals surface area contributed by atoms with Crippen LogP contribution in [0.4, 0.5) is 0 Å². The third kappa shape index (κ3) is 16.1. The van der Waals surface area contributed by atoms with Crippen molar-refractivity contribution in [3.05, 3.63) is 228 Å². The number of benzene rings is 6. The first-order valence-corrected chi connectivity index (χ1v) is 25.1. The second-order valence-electron chi connectivity index (χ2n) is 17.6. The van der Waals surface area contributed by atoms with Gasteiger partial charge in [-0.25, -0.2) is 0 Å². The van der Waals surface area contributed by atoms with Gasteiger partial charge in [0.1, 0.15) is 0 Å². The van der Waals surface area contributed by atoms with Crippen molar-refractivity contribution in [2.24, 2.45) is 0 Å². The summed E-state index contributed by atoms with van der Waals surface area (Å²) in [6.45, 7) is 14.4. The molecule has 378 valence electrons. The van der Waals surface area contributed by atoms with Gasteiger partial charge in [-0.05, 0) is 112 Å². The summed E-state index contributed by atoms with van der Waals surface area (Å²) in [6.07, 6.45) is 6.30. The molecule has 4 heterocycles. The summed E-state index contributed by atoms with van der Waals surface area (Å²) >= 11 is 3.65. The van der Waals surface area contributed by atoms with Gasteiger partial charge in [-0.1, -0.05) is 120 Å². The number of pyridine rings is 2. The summed E-state index contributed by atoms with van der Waals surface area (Å²) < 4.78 is 2.51. The monoisotopic (exact) mass is 1370 g/mol. The number of carbonyl (C=O) groups excluding carboxylic acids is 2. The van der Waals surface area contributed by atoms with Crippen molar-refractivity contribution in [2.45, 2.75) is 55.4 Å². The number of aliphatic hydroxyl groups is 2. The zero-order valence-electron chi connectivity index (χ0n) is 42.4. The van der Waals surface area contributed by atoms with Crippen molar-refractivity contribution < 1.29 is 60.0 Å². The number of aryl methyl sites for hydroxylation is 4. The summed E-state index contributed by atoms with van der Waals surface area (Å²) in [6, 6.07) is 62.2. The van der Waals surface area contributed by atoms with E-state index in [9.17, 15) is 9.59 Å². The molecule has 0 saturated heterocycles. The summed E-state index contributed by atoms with van der Waals surface area (Å²) in [5.74, 6) is -0.125. The zero-order chi connectivity index (χ0) is 51.3. The number of rotatable bonds is 8. The van der Waals surface area contributed by atoms with Crippen LogP contribution in [0.15, 0.2) is 194 Å². The van der Waals surface area contributed by atoms with Gasteiger partial charge in [0.25, 0.3) is 0 Å². The molecule has 0 unspecified atom stereocenters. The van der Waals surface area contributed by atoms with E-state index in [1.165, 1.54) is 125 Å². The number of allylic oxidation sites excluding steroid dienone is 4. The van der Waals surface area contributed by atoms with E-state index in [0.29, 0.717) is 0 Å². The molecule has 74 heavy (non-hydrogen) atoms. The summed E-state index contributed by atoms with van der Waals surface area (Å²) in [5.41, 5.74) is 16.6. The molecule has 0 bridgehead atoms. The van der Waals surface area contributed by atoms with Crippen molar-refractivity contribution in [3.63, 3.8) is 0 Å². The molecule has 6 aromatic carbocycles. The average Bonchev–Trinajstić information content (AvgIpc) is 3.98. The molecule has 10 heteroatoms. The Kier molecular flexibility index (Phi) is 21.6. The van der Waals surface area contributed by atoms with Gasteiger partial charge in [-0.15, -0.1) is 93.5 Å². The van der Waals surface area contributed by atoms with Gasteiger partial charge in [0.15, 0.2) is 11.6 Å². The Hall–Kier alpha value is -6.74. The third-order valence-corrected chi connectivity index (χ3v) is 13.5. The minimum Gasteiger partial charge on any atom is -0.512 e. The van der Waals surface area contributed by atoms with Gasteiger partial charge in [-0.2, -0.15) is 0 Å². The first-order valence-electron chi connectivity index (χ1n) is 23.5. The Balaban J connectivity index is 0.000000214. The maximum absolute atomic E-state index is 10.0. The topological polar surface area (TPSA) is 100 Å². The van der Waals surface area contributed by atoms with E-state index in [-0.39, 0.29) is 63.3 Å². The maximum atomic E-state index is 10.0. The van der Waals surface area contributed by atoms with Crippen LogP contribution in [0.3, 0.4) is 0 Å². The molecular weight excluding hydrogens is 1310 g/mol. The van der Waals surface area contributed by atoms with Crippen molar-refractivity contribution in [1.82, 2.24) is 9.97 Å². The first-order chi connectivity index (χ1) is 34.6. The van der Waals surface area contributed by atoms with Gasteiger partial charge < -0.3 is 20.2 Å². The van der Waals surface area contributed by atoms with Crippen LogP contribution in [0.2, 0.25) is 0 Å². The molecule has 0 saturated carbocycles. The van der Waals surface area contributed by atoms with E-state index in [4.69, 9.17) is 20.2 Å². The number of aliphatic hydroxyl groups excluding tert-OH is 2. The van der Waals surface area contributed by atoms with Crippen molar-refractivity contribution in [2.75, 3.05) is 0 Å². The third-order valence-electron chi connectivity index (χ3n) is 11.3. The minimum absolute atomic E-state index is 0. The Bertz CT molecular complexity index is 3500. The fourth-order valence-corrected chi connectivity index (χ4v) is 10.5. The van der Waals surface area contributed by atoms with Gasteiger partial charge in [0, 0.05) is 94.7 Å². The Labute approximate surface area is 470 Å². The molecular formula is C64H56Ir2N2O4S2-2. The van der Waals surface area contributed by atoms with Crippen molar-refractivity contribution in [3.8, 4) is 65.6 Å². The van der Waals surface area contributed by atoms with Crippen molar-refractivity contribution in [1.29, 1.82) is 0 Å².